The van der Waals surface area contributed by atoms with Gasteiger partial charge in [-0.15, -0.1) is 0 Å². The molecule has 0 radical (unpaired) electrons. The fraction of sp³-hybridized carbons (Fsp3) is 0.231. The molecule has 2 unspecified atom stereocenters. The minimum atomic E-state index is -3.70. The van der Waals surface area contributed by atoms with Crippen LogP contribution in [0, 0.1) is 6.92 Å². The first-order valence-corrected chi connectivity index (χ1v) is 12.3. The van der Waals surface area contributed by atoms with Crippen LogP contribution in [0.2, 0.25) is 0 Å². The van der Waals surface area contributed by atoms with Crippen LogP contribution in [0.3, 0.4) is 0 Å². The SMILES string of the molecule is Cc1ccc(S(=O)(=O)N2c3ccccc3-c3cc4ccccc4n3C3CCCC32)cc1. The van der Waals surface area contributed by atoms with Crippen LogP contribution >= 0.6 is 0 Å². The van der Waals surface area contributed by atoms with Crippen molar-refractivity contribution in [2.45, 2.75) is 43.2 Å². The highest BCUT2D eigenvalue weighted by molar-refractivity contribution is 7.92. The van der Waals surface area contributed by atoms with E-state index in [0.29, 0.717) is 4.90 Å². The van der Waals surface area contributed by atoms with Gasteiger partial charge in [0.05, 0.1) is 28.4 Å². The van der Waals surface area contributed by atoms with Gasteiger partial charge in [0.2, 0.25) is 0 Å². The molecule has 2 atom stereocenters. The van der Waals surface area contributed by atoms with Crippen molar-refractivity contribution in [2.24, 2.45) is 0 Å². The van der Waals surface area contributed by atoms with Gasteiger partial charge < -0.3 is 4.57 Å². The summed E-state index contributed by atoms with van der Waals surface area (Å²) in [4.78, 5) is 0.356. The highest BCUT2D eigenvalue weighted by Gasteiger charge is 2.44. The number of fused-ring (bicyclic) bond motifs is 7. The maximum Gasteiger partial charge on any atom is 0.264 e. The summed E-state index contributed by atoms with van der Waals surface area (Å²) in [5.74, 6) is 0. The van der Waals surface area contributed by atoms with Crippen molar-refractivity contribution < 1.29 is 8.42 Å². The molecule has 0 N–H and O–H groups in total. The van der Waals surface area contributed by atoms with Gasteiger partial charge in [0, 0.05) is 16.5 Å². The smallest absolute Gasteiger partial charge is 0.264 e. The zero-order chi connectivity index (χ0) is 21.2. The maximum atomic E-state index is 14.0. The van der Waals surface area contributed by atoms with Crippen molar-refractivity contribution in [3.63, 3.8) is 0 Å². The molecule has 0 bridgehead atoms. The summed E-state index contributed by atoms with van der Waals surface area (Å²) in [6.07, 6.45) is 2.85. The number of anilines is 1. The Kier molecular flexibility index (Phi) is 4.06. The number of hydrogen-bond acceptors (Lipinski definition) is 2. The van der Waals surface area contributed by atoms with E-state index in [1.807, 2.05) is 37.3 Å². The first kappa shape index (κ1) is 18.7. The van der Waals surface area contributed by atoms with Gasteiger partial charge in [0.25, 0.3) is 10.0 Å². The van der Waals surface area contributed by atoms with E-state index < -0.39 is 10.0 Å². The molecule has 31 heavy (non-hydrogen) atoms. The van der Waals surface area contributed by atoms with E-state index >= 15 is 0 Å². The predicted octanol–water partition coefficient (Wildman–Crippen LogP) is 5.92. The summed E-state index contributed by atoms with van der Waals surface area (Å²) in [6, 6.07) is 25.8. The highest BCUT2D eigenvalue weighted by atomic mass is 32.2. The fourth-order valence-electron chi connectivity index (χ4n) is 5.43. The van der Waals surface area contributed by atoms with Crippen LogP contribution in [0.15, 0.2) is 83.8 Å². The lowest BCUT2D eigenvalue weighted by molar-refractivity contribution is 0.477. The molecule has 1 saturated carbocycles. The quantitative estimate of drug-likeness (QED) is 0.398. The number of hydrogen-bond donors (Lipinski definition) is 0. The molecule has 0 amide bonds. The van der Waals surface area contributed by atoms with Crippen molar-refractivity contribution in [3.05, 3.63) is 84.4 Å². The lowest BCUT2D eigenvalue weighted by Crippen LogP contribution is -2.42. The molecule has 1 fully saturated rings. The number of nitrogens with zero attached hydrogens (tertiary/aromatic N) is 2. The average molecular weight is 429 g/mol. The van der Waals surface area contributed by atoms with E-state index in [4.69, 9.17) is 0 Å². The van der Waals surface area contributed by atoms with Crippen molar-refractivity contribution in [2.75, 3.05) is 4.31 Å². The normalized spacial score (nSPS) is 20.2. The van der Waals surface area contributed by atoms with Crippen molar-refractivity contribution in [1.29, 1.82) is 0 Å². The molecule has 4 nitrogen and oxygen atoms in total. The van der Waals surface area contributed by atoms with Gasteiger partial charge in [0.15, 0.2) is 0 Å². The van der Waals surface area contributed by atoms with Gasteiger partial charge >= 0.3 is 0 Å². The summed E-state index contributed by atoms with van der Waals surface area (Å²) < 4.78 is 32.1. The maximum absolute atomic E-state index is 14.0. The predicted molar refractivity (Wildman–Crippen MR) is 125 cm³/mol. The van der Waals surface area contributed by atoms with E-state index in [1.165, 1.54) is 10.9 Å². The van der Waals surface area contributed by atoms with Crippen LogP contribution in [0.4, 0.5) is 5.69 Å². The highest BCUT2D eigenvalue weighted by Crippen LogP contribution is 2.49. The van der Waals surface area contributed by atoms with Crippen LogP contribution in [0.25, 0.3) is 22.2 Å². The van der Waals surface area contributed by atoms with Gasteiger partial charge in [-0.2, -0.15) is 0 Å². The van der Waals surface area contributed by atoms with Crippen LogP contribution in [0.1, 0.15) is 30.9 Å². The minimum absolute atomic E-state index is 0.107. The monoisotopic (exact) mass is 428 g/mol. The Morgan fingerprint density at radius 1 is 0.839 bits per heavy atom. The summed E-state index contributed by atoms with van der Waals surface area (Å²) in [5, 5.41) is 1.20. The first-order chi connectivity index (χ1) is 15.1. The van der Waals surface area contributed by atoms with E-state index in [9.17, 15) is 8.42 Å². The Balaban J connectivity index is 1.65. The molecule has 1 aliphatic heterocycles. The fourth-order valence-corrected chi connectivity index (χ4v) is 7.16. The van der Waals surface area contributed by atoms with Gasteiger partial charge in [0.1, 0.15) is 0 Å². The number of rotatable bonds is 2. The third-order valence-electron chi connectivity index (χ3n) is 6.82. The number of benzene rings is 3. The molecule has 156 valence electrons. The topological polar surface area (TPSA) is 42.3 Å². The molecule has 0 saturated heterocycles. The van der Waals surface area contributed by atoms with Crippen LogP contribution < -0.4 is 4.31 Å². The molecule has 2 aliphatic rings. The lowest BCUT2D eigenvalue weighted by atomic mass is 10.1. The second-order valence-electron chi connectivity index (χ2n) is 8.66. The summed E-state index contributed by atoms with van der Waals surface area (Å²) in [7, 11) is -3.70. The number of sulfonamides is 1. The van der Waals surface area contributed by atoms with Gasteiger partial charge in [-0.3, -0.25) is 4.31 Å². The van der Waals surface area contributed by atoms with Gasteiger partial charge in [-0.25, -0.2) is 8.42 Å². The van der Waals surface area contributed by atoms with Crippen molar-refractivity contribution >= 4 is 26.6 Å². The molecule has 2 heterocycles. The molecule has 5 heteroatoms. The Hall–Kier alpha value is -3.05. The molecule has 4 aromatic rings. The Morgan fingerprint density at radius 3 is 2.39 bits per heavy atom. The second kappa shape index (κ2) is 6.72. The summed E-state index contributed by atoms with van der Waals surface area (Å²) in [6.45, 7) is 1.98. The van der Waals surface area contributed by atoms with E-state index in [1.54, 1.807) is 16.4 Å². The molecule has 3 aromatic carbocycles. The minimum Gasteiger partial charge on any atom is -0.335 e. The average Bonchev–Trinajstić information content (AvgIpc) is 3.36. The standard InChI is InChI=1S/C26H24N2O2S/c1-18-13-15-20(16-14-18)31(29,30)28-23-10-5-3-8-21(23)26-17-19-7-2-4-9-22(19)27(26)24-11-6-12-25(24)28/h2-5,7-10,13-17,24-25H,6,11-12H2,1H3. The first-order valence-electron chi connectivity index (χ1n) is 10.9. The Labute approximate surface area is 182 Å². The zero-order valence-corrected chi connectivity index (χ0v) is 18.2. The largest absolute Gasteiger partial charge is 0.335 e. The summed E-state index contributed by atoms with van der Waals surface area (Å²) >= 11 is 0. The van der Waals surface area contributed by atoms with Crippen LogP contribution in [-0.4, -0.2) is 19.0 Å². The molecule has 1 aliphatic carbocycles. The van der Waals surface area contributed by atoms with Gasteiger partial charge in [-0.05, 0) is 56.5 Å². The van der Waals surface area contributed by atoms with Crippen LogP contribution in [0.5, 0.6) is 0 Å². The number of aromatic nitrogens is 1. The molecule has 6 rings (SSSR count). The van der Waals surface area contributed by atoms with Gasteiger partial charge in [-0.1, -0.05) is 54.1 Å². The molecule has 1 aromatic heterocycles. The second-order valence-corrected chi connectivity index (χ2v) is 10.5. The zero-order valence-electron chi connectivity index (χ0n) is 17.4. The number of para-hydroxylation sites is 2. The van der Waals surface area contributed by atoms with E-state index in [-0.39, 0.29) is 12.1 Å². The molecular weight excluding hydrogens is 404 g/mol. The summed E-state index contributed by atoms with van der Waals surface area (Å²) in [5.41, 5.74) is 5.09. The Morgan fingerprint density at radius 2 is 1.55 bits per heavy atom. The van der Waals surface area contributed by atoms with Crippen LogP contribution in [-0.2, 0) is 10.0 Å². The van der Waals surface area contributed by atoms with E-state index in [0.717, 1.165) is 41.8 Å². The van der Waals surface area contributed by atoms with Crippen molar-refractivity contribution in [1.82, 2.24) is 4.57 Å². The number of aryl methyl sites for hydroxylation is 1. The molecular formula is C26H24N2O2S. The Bertz CT molecular complexity index is 1400. The third-order valence-corrected chi connectivity index (χ3v) is 8.67. The van der Waals surface area contributed by atoms with Crippen molar-refractivity contribution in [3.8, 4) is 11.3 Å². The third kappa shape index (κ3) is 2.69. The van der Waals surface area contributed by atoms with E-state index in [2.05, 4.69) is 41.0 Å². The lowest BCUT2D eigenvalue weighted by Gasteiger charge is -2.33. The molecule has 0 spiro atoms.